The molecular formula is C23H28N6O2. The Balaban J connectivity index is 1.48. The van der Waals surface area contributed by atoms with Crippen molar-refractivity contribution in [2.45, 2.75) is 32.7 Å². The smallest absolute Gasteiger partial charge is 0.338 e. The van der Waals surface area contributed by atoms with E-state index in [1.165, 1.54) is 6.21 Å². The van der Waals surface area contributed by atoms with Gasteiger partial charge in [0.2, 0.25) is 0 Å². The van der Waals surface area contributed by atoms with Crippen molar-refractivity contribution >= 4 is 17.9 Å². The minimum Gasteiger partial charge on any atom is -0.457 e. The Bertz CT molecular complexity index is 1030. The number of carbonyl (C=O) groups excluding carboxylic acids is 1. The molecule has 1 saturated heterocycles. The van der Waals surface area contributed by atoms with E-state index >= 15 is 0 Å². The molecule has 0 bridgehead atoms. The number of benzene rings is 1. The molecule has 1 aromatic carbocycles. The molecular weight excluding hydrogens is 392 g/mol. The molecule has 0 amide bonds. The lowest BCUT2D eigenvalue weighted by Crippen LogP contribution is -2.56. The van der Waals surface area contributed by atoms with Gasteiger partial charge >= 0.3 is 5.97 Å². The standard InChI is InChI=1S/C23H28N6O2/c1-14-7-17(5-6-26-14)27-9-16(8-24)10-29-11-21(28-22(25)12-29)18-3-4-19-20(15(18)2)13-31-23(19)30/h3-9,21-22,24,28H,10-13,25H2,1-2H3,(H,26,27)/b16-9+,24-8?/t21-,22+/m0/s1. The quantitative estimate of drug-likeness (QED) is 0.418. The zero-order valence-corrected chi connectivity index (χ0v) is 17.8. The summed E-state index contributed by atoms with van der Waals surface area (Å²) in [7, 11) is 0. The number of nitrogens with zero attached hydrogens (tertiary/aromatic N) is 2. The predicted molar refractivity (Wildman–Crippen MR) is 120 cm³/mol. The first kappa shape index (κ1) is 21.2. The molecule has 8 heteroatoms. The van der Waals surface area contributed by atoms with E-state index in [1.54, 1.807) is 6.20 Å². The maximum Gasteiger partial charge on any atom is 0.338 e. The number of nitrogens with two attached hydrogens (primary N) is 1. The average Bonchev–Trinajstić information content (AvgIpc) is 3.12. The molecule has 5 N–H and O–H groups in total. The van der Waals surface area contributed by atoms with Crippen molar-refractivity contribution < 1.29 is 9.53 Å². The van der Waals surface area contributed by atoms with Gasteiger partial charge in [-0.3, -0.25) is 15.2 Å². The summed E-state index contributed by atoms with van der Waals surface area (Å²) in [6.07, 6.45) is 4.79. The van der Waals surface area contributed by atoms with Crippen LogP contribution in [-0.4, -0.2) is 47.9 Å². The van der Waals surface area contributed by atoms with Gasteiger partial charge in [-0.1, -0.05) is 6.07 Å². The molecule has 2 atom stereocenters. The summed E-state index contributed by atoms with van der Waals surface area (Å²) in [6.45, 7) is 6.35. The van der Waals surface area contributed by atoms with Crippen LogP contribution >= 0.6 is 0 Å². The van der Waals surface area contributed by atoms with Gasteiger partial charge in [0.25, 0.3) is 0 Å². The highest BCUT2D eigenvalue weighted by atomic mass is 16.5. The van der Waals surface area contributed by atoms with Crippen molar-refractivity contribution in [2.75, 3.05) is 25.0 Å². The number of hydrogen-bond donors (Lipinski definition) is 4. The highest BCUT2D eigenvalue weighted by Crippen LogP contribution is 2.30. The monoisotopic (exact) mass is 420 g/mol. The number of anilines is 1. The molecule has 162 valence electrons. The average molecular weight is 421 g/mol. The molecule has 0 aliphatic carbocycles. The molecule has 2 aliphatic rings. The zero-order chi connectivity index (χ0) is 22.0. The number of aryl methyl sites for hydroxylation is 1. The van der Waals surface area contributed by atoms with Crippen molar-refractivity contribution in [3.63, 3.8) is 0 Å². The fourth-order valence-corrected chi connectivity index (χ4v) is 4.24. The maximum atomic E-state index is 11.8. The first-order chi connectivity index (χ1) is 14.9. The second kappa shape index (κ2) is 8.97. The van der Waals surface area contributed by atoms with E-state index in [2.05, 4.69) is 20.5 Å². The summed E-state index contributed by atoms with van der Waals surface area (Å²) >= 11 is 0. The van der Waals surface area contributed by atoms with Crippen molar-refractivity contribution in [1.82, 2.24) is 15.2 Å². The lowest BCUT2D eigenvalue weighted by molar-refractivity contribution is 0.0535. The highest BCUT2D eigenvalue weighted by molar-refractivity contribution is 5.94. The van der Waals surface area contributed by atoms with E-state index in [-0.39, 0.29) is 18.2 Å². The summed E-state index contributed by atoms with van der Waals surface area (Å²) in [5.74, 6) is -0.253. The Hall–Kier alpha value is -3.07. The van der Waals surface area contributed by atoms with Crippen LogP contribution in [0.25, 0.3) is 0 Å². The molecule has 0 radical (unpaired) electrons. The SMILES string of the molecule is Cc1cc(N/C=C(\C=N)CN2C[C@@H](c3ccc4c(c3C)COC4=O)N[C@@H](N)C2)ccn1. The molecule has 8 nitrogen and oxygen atoms in total. The van der Waals surface area contributed by atoms with Crippen molar-refractivity contribution in [3.8, 4) is 0 Å². The molecule has 0 saturated carbocycles. The molecule has 1 aromatic heterocycles. The van der Waals surface area contributed by atoms with E-state index in [9.17, 15) is 4.79 Å². The van der Waals surface area contributed by atoms with Crippen LogP contribution in [0.1, 0.15) is 38.8 Å². The lowest BCUT2D eigenvalue weighted by atomic mass is 9.92. The van der Waals surface area contributed by atoms with E-state index in [1.807, 2.05) is 44.3 Å². The van der Waals surface area contributed by atoms with Gasteiger partial charge in [-0.15, -0.1) is 0 Å². The van der Waals surface area contributed by atoms with E-state index in [0.29, 0.717) is 25.3 Å². The topological polar surface area (TPSA) is 116 Å². The van der Waals surface area contributed by atoms with Crippen LogP contribution in [0.5, 0.6) is 0 Å². The van der Waals surface area contributed by atoms with Crippen LogP contribution in [-0.2, 0) is 11.3 Å². The predicted octanol–water partition coefficient (Wildman–Crippen LogP) is 2.25. The van der Waals surface area contributed by atoms with Crippen LogP contribution in [0.4, 0.5) is 5.69 Å². The third kappa shape index (κ3) is 4.66. The van der Waals surface area contributed by atoms with Crippen LogP contribution in [0.15, 0.2) is 42.2 Å². The van der Waals surface area contributed by atoms with Crippen LogP contribution < -0.4 is 16.4 Å². The summed E-state index contributed by atoms with van der Waals surface area (Å²) in [5.41, 5.74) is 12.9. The van der Waals surface area contributed by atoms with E-state index < -0.39 is 0 Å². The van der Waals surface area contributed by atoms with Gasteiger partial charge in [0.1, 0.15) is 6.61 Å². The molecule has 2 aliphatic heterocycles. The number of carbonyl (C=O) groups is 1. The number of cyclic esters (lactones) is 1. The van der Waals surface area contributed by atoms with Crippen LogP contribution in [0, 0.1) is 19.3 Å². The number of ether oxygens (including phenoxy) is 1. The zero-order valence-electron chi connectivity index (χ0n) is 17.8. The van der Waals surface area contributed by atoms with Crippen molar-refractivity contribution in [2.24, 2.45) is 5.73 Å². The second-order valence-corrected chi connectivity index (χ2v) is 8.10. The van der Waals surface area contributed by atoms with E-state index in [0.717, 1.165) is 40.2 Å². The van der Waals surface area contributed by atoms with Crippen LogP contribution in [0.2, 0.25) is 0 Å². The summed E-state index contributed by atoms with van der Waals surface area (Å²) < 4.78 is 5.19. The summed E-state index contributed by atoms with van der Waals surface area (Å²) in [6, 6.07) is 7.73. The van der Waals surface area contributed by atoms with Gasteiger partial charge in [0, 0.05) is 61.2 Å². The Morgan fingerprint density at radius 3 is 3.00 bits per heavy atom. The Morgan fingerprint density at radius 2 is 2.23 bits per heavy atom. The molecule has 3 heterocycles. The van der Waals surface area contributed by atoms with Crippen LogP contribution in [0.3, 0.4) is 0 Å². The summed E-state index contributed by atoms with van der Waals surface area (Å²) in [5, 5.41) is 14.5. The first-order valence-electron chi connectivity index (χ1n) is 10.4. The normalized spacial score (nSPS) is 21.5. The minimum atomic E-state index is -0.253. The van der Waals surface area contributed by atoms with Gasteiger partial charge in [0.05, 0.1) is 11.7 Å². The Morgan fingerprint density at radius 1 is 1.39 bits per heavy atom. The van der Waals surface area contributed by atoms with Gasteiger partial charge in [-0.05, 0) is 48.7 Å². The van der Waals surface area contributed by atoms with Gasteiger partial charge < -0.3 is 21.2 Å². The van der Waals surface area contributed by atoms with Gasteiger partial charge in [0.15, 0.2) is 0 Å². The molecule has 0 spiro atoms. The van der Waals surface area contributed by atoms with E-state index in [4.69, 9.17) is 15.9 Å². The number of nitrogens with one attached hydrogen (secondary N) is 3. The molecule has 1 fully saturated rings. The maximum absolute atomic E-state index is 11.8. The Labute approximate surface area is 182 Å². The van der Waals surface area contributed by atoms with Gasteiger partial charge in [-0.2, -0.15) is 0 Å². The fourth-order valence-electron chi connectivity index (χ4n) is 4.24. The first-order valence-corrected chi connectivity index (χ1v) is 10.4. The summed E-state index contributed by atoms with van der Waals surface area (Å²) in [4.78, 5) is 18.3. The van der Waals surface area contributed by atoms with Crippen molar-refractivity contribution in [1.29, 1.82) is 5.41 Å². The number of esters is 1. The lowest BCUT2D eigenvalue weighted by Gasteiger charge is -2.38. The van der Waals surface area contributed by atoms with Gasteiger partial charge in [-0.25, -0.2) is 4.79 Å². The van der Waals surface area contributed by atoms with Crippen molar-refractivity contribution in [3.05, 3.63) is 70.2 Å². The third-order valence-electron chi connectivity index (χ3n) is 5.81. The molecule has 31 heavy (non-hydrogen) atoms. The fraction of sp³-hybridized carbons (Fsp3) is 0.348. The Kier molecular flexibility index (Phi) is 6.13. The number of hydrogen-bond acceptors (Lipinski definition) is 8. The number of rotatable bonds is 6. The largest absolute Gasteiger partial charge is 0.457 e. The molecule has 0 unspecified atom stereocenters. The second-order valence-electron chi connectivity index (χ2n) is 8.10. The number of pyridine rings is 1. The molecule has 4 rings (SSSR count). The molecule has 2 aromatic rings. The highest BCUT2D eigenvalue weighted by Gasteiger charge is 2.30. The number of aromatic nitrogens is 1. The third-order valence-corrected chi connectivity index (χ3v) is 5.81. The number of piperazine rings is 1. The number of fused-ring (bicyclic) bond motifs is 1. The minimum absolute atomic E-state index is 0.0348.